The van der Waals surface area contributed by atoms with Gasteiger partial charge in [-0.25, -0.2) is 0 Å². The van der Waals surface area contributed by atoms with Crippen LogP contribution in [0.4, 0.5) is 0 Å². The Morgan fingerprint density at radius 3 is 2.12 bits per heavy atom. The monoisotopic (exact) mass is 222 g/mol. The van der Waals surface area contributed by atoms with Crippen molar-refractivity contribution >= 4 is 12.7 Å². The predicted octanol–water partition coefficient (Wildman–Crippen LogP) is 1.58. The Morgan fingerprint density at radius 1 is 1.06 bits per heavy atom. The minimum atomic E-state index is 0.490. The molecule has 0 aromatic heterocycles. The summed E-state index contributed by atoms with van der Waals surface area (Å²) in [6.45, 7) is 6.30. The fraction of sp³-hybridized carbons (Fsp3) is 0.833. The summed E-state index contributed by atoms with van der Waals surface area (Å²) in [6.07, 6.45) is 9.67. The van der Waals surface area contributed by atoms with Gasteiger partial charge in [0.1, 0.15) is 6.17 Å². The van der Waals surface area contributed by atoms with Crippen LogP contribution < -0.4 is 0 Å². The molecule has 2 aliphatic heterocycles. The van der Waals surface area contributed by atoms with Gasteiger partial charge in [0.25, 0.3) is 0 Å². The highest BCUT2D eigenvalue weighted by atomic mass is 15.4. The van der Waals surface area contributed by atoms with Crippen molar-refractivity contribution in [2.24, 2.45) is 9.98 Å². The van der Waals surface area contributed by atoms with Gasteiger partial charge in [0.05, 0.1) is 25.8 Å². The van der Waals surface area contributed by atoms with Gasteiger partial charge in [0.2, 0.25) is 0 Å². The predicted molar refractivity (Wildman–Crippen MR) is 68.1 cm³/mol. The quantitative estimate of drug-likeness (QED) is 0.639. The van der Waals surface area contributed by atoms with Crippen molar-refractivity contribution in [2.75, 3.05) is 26.2 Å². The molecule has 4 heteroatoms. The Bertz CT molecular complexity index is 240. The van der Waals surface area contributed by atoms with Crippen LogP contribution in [-0.4, -0.2) is 54.8 Å². The summed E-state index contributed by atoms with van der Waals surface area (Å²) in [7, 11) is 0. The maximum atomic E-state index is 4.32. The molecular weight excluding hydrogens is 200 g/mol. The maximum absolute atomic E-state index is 4.32. The molecule has 0 amide bonds. The lowest BCUT2D eigenvalue weighted by molar-refractivity contribution is 0.173. The molecule has 0 aliphatic carbocycles. The van der Waals surface area contributed by atoms with Crippen LogP contribution in [0, 0.1) is 0 Å². The lowest BCUT2D eigenvalue weighted by Gasteiger charge is -2.34. The van der Waals surface area contributed by atoms with E-state index in [-0.39, 0.29) is 0 Å². The number of unbranched alkanes of at least 4 members (excludes halogenated alkanes) is 2. The van der Waals surface area contributed by atoms with Crippen LogP contribution in [0.2, 0.25) is 0 Å². The van der Waals surface area contributed by atoms with Gasteiger partial charge in [-0.3, -0.25) is 9.98 Å². The number of nitrogens with zero attached hydrogens (tertiary/aromatic N) is 4. The van der Waals surface area contributed by atoms with E-state index in [2.05, 4.69) is 26.7 Å². The van der Waals surface area contributed by atoms with Crippen molar-refractivity contribution in [3.05, 3.63) is 0 Å². The average molecular weight is 222 g/mol. The Labute approximate surface area is 98.1 Å². The van der Waals surface area contributed by atoms with Crippen molar-refractivity contribution < 1.29 is 0 Å². The van der Waals surface area contributed by atoms with Crippen molar-refractivity contribution in [3.63, 3.8) is 0 Å². The molecule has 0 spiro atoms. The first-order valence-electron chi connectivity index (χ1n) is 6.43. The van der Waals surface area contributed by atoms with Crippen molar-refractivity contribution in [1.29, 1.82) is 0 Å². The molecule has 2 aliphatic rings. The molecule has 0 N–H and O–H groups in total. The highest BCUT2D eigenvalue weighted by Crippen LogP contribution is 2.16. The molecule has 0 aromatic carbocycles. The smallest absolute Gasteiger partial charge is 0.103 e. The SMILES string of the molecule is CCCCCC(N1C=NCC1)N1C=NCC1. The van der Waals surface area contributed by atoms with E-state index in [9.17, 15) is 0 Å². The Balaban J connectivity index is 1.89. The van der Waals surface area contributed by atoms with E-state index >= 15 is 0 Å². The van der Waals surface area contributed by atoms with E-state index in [1.165, 1.54) is 25.7 Å². The molecule has 16 heavy (non-hydrogen) atoms. The van der Waals surface area contributed by atoms with Crippen LogP contribution in [0.3, 0.4) is 0 Å². The largest absolute Gasteiger partial charge is 0.341 e. The van der Waals surface area contributed by atoms with E-state index in [1.54, 1.807) is 0 Å². The van der Waals surface area contributed by atoms with Crippen LogP contribution in [0.15, 0.2) is 9.98 Å². The Morgan fingerprint density at radius 2 is 1.69 bits per heavy atom. The molecule has 0 aromatic rings. The topological polar surface area (TPSA) is 31.2 Å². The molecule has 0 saturated heterocycles. The average Bonchev–Trinajstić information content (AvgIpc) is 2.97. The minimum Gasteiger partial charge on any atom is -0.341 e. The first-order chi connectivity index (χ1) is 7.92. The third kappa shape index (κ3) is 2.74. The van der Waals surface area contributed by atoms with Crippen LogP contribution in [0.1, 0.15) is 32.6 Å². The molecule has 0 fully saturated rings. The van der Waals surface area contributed by atoms with Gasteiger partial charge >= 0.3 is 0 Å². The summed E-state index contributed by atoms with van der Waals surface area (Å²) in [6, 6.07) is 0. The van der Waals surface area contributed by atoms with Crippen LogP contribution >= 0.6 is 0 Å². The van der Waals surface area contributed by atoms with Crippen molar-refractivity contribution in [3.8, 4) is 0 Å². The third-order valence-electron chi connectivity index (χ3n) is 3.27. The number of hydrogen-bond acceptors (Lipinski definition) is 4. The Kier molecular flexibility index (Phi) is 4.19. The van der Waals surface area contributed by atoms with Crippen LogP contribution in [-0.2, 0) is 0 Å². The zero-order valence-electron chi connectivity index (χ0n) is 10.2. The molecule has 0 atom stereocenters. The van der Waals surface area contributed by atoms with Gasteiger partial charge in [0, 0.05) is 13.1 Å². The summed E-state index contributed by atoms with van der Waals surface area (Å²) in [5.41, 5.74) is 0. The fourth-order valence-electron chi connectivity index (χ4n) is 2.34. The lowest BCUT2D eigenvalue weighted by Crippen LogP contribution is -2.46. The normalized spacial score (nSPS) is 19.4. The standard InChI is InChI=1S/C12H22N4/c1-2-3-4-5-12(15-8-6-13-10-15)16-9-7-14-11-16/h10-12H,2-9H2,1H3. The summed E-state index contributed by atoms with van der Waals surface area (Å²) >= 11 is 0. The molecule has 0 bridgehead atoms. The van der Waals surface area contributed by atoms with E-state index in [1.807, 2.05) is 12.7 Å². The lowest BCUT2D eigenvalue weighted by atomic mass is 10.1. The molecule has 90 valence electrons. The second-order valence-corrected chi connectivity index (χ2v) is 4.50. The van der Waals surface area contributed by atoms with Crippen LogP contribution in [0.25, 0.3) is 0 Å². The summed E-state index contributed by atoms with van der Waals surface area (Å²) in [5, 5.41) is 0. The first kappa shape index (κ1) is 11.4. The van der Waals surface area contributed by atoms with Crippen LogP contribution in [0.5, 0.6) is 0 Å². The molecule has 2 rings (SSSR count). The summed E-state index contributed by atoms with van der Waals surface area (Å²) in [5.74, 6) is 0. The fourth-order valence-corrected chi connectivity index (χ4v) is 2.34. The zero-order chi connectivity index (χ0) is 11.2. The summed E-state index contributed by atoms with van der Waals surface area (Å²) < 4.78 is 0. The maximum Gasteiger partial charge on any atom is 0.103 e. The second-order valence-electron chi connectivity index (χ2n) is 4.50. The second kappa shape index (κ2) is 5.87. The Hall–Kier alpha value is -1.06. The van der Waals surface area contributed by atoms with E-state index in [0.717, 1.165) is 26.2 Å². The number of aliphatic imine (C=N–C) groups is 2. The minimum absolute atomic E-state index is 0.490. The van der Waals surface area contributed by atoms with Gasteiger partial charge in [-0.05, 0) is 12.8 Å². The van der Waals surface area contributed by atoms with E-state index < -0.39 is 0 Å². The summed E-state index contributed by atoms with van der Waals surface area (Å²) in [4.78, 5) is 13.4. The molecule has 0 radical (unpaired) electrons. The molecule has 2 heterocycles. The van der Waals surface area contributed by atoms with Gasteiger partial charge in [-0.2, -0.15) is 0 Å². The van der Waals surface area contributed by atoms with Crippen molar-refractivity contribution in [1.82, 2.24) is 9.80 Å². The van der Waals surface area contributed by atoms with Gasteiger partial charge < -0.3 is 9.80 Å². The van der Waals surface area contributed by atoms with E-state index in [4.69, 9.17) is 0 Å². The first-order valence-corrected chi connectivity index (χ1v) is 6.43. The van der Waals surface area contributed by atoms with Gasteiger partial charge in [0.15, 0.2) is 0 Å². The van der Waals surface area contributed by atoms with Crippen molar-refractivity contribution in [2.45, 2.75) is 38.8 Å². The number of hydrogen-bond donors (Lipinski definition) is 0. The van der Waals surface area contributed by atoms with E-state index in [0.29, 0.717) is 6.17 Å². The van der Waals surface area contributed by atoms with Gasteiger partial charge in [-0.1, -0.05) is 19.8 Å². The molecule has 0 saturated carbocycles. The third-order valence-corrected chi connectivity index (χ3v) is 3.27. The number of rotatable bonds is 6. The van der Waals surface area contributed by atoms with Gasteiger partial charge in [-0.15, -0.1) is 0 Å². The highest BCUT2D eigenvalue weighted by molar-refractivity contribution is 5.61. The highest BCUT2D eigenvalue weighted by Gasteiger charge is 2.24. The molecule has 0 unspecified atom stereocenters. The molecular formula is C12H22N4. The zero-order valence-corrected chi connectivity index (χ0v) is 10.2. The molecule has 4 nitrogen and oxygen atoms in total.